The molecule has 2 atom stereocenters. The summed E-state index contributed by atoms with van der Waals surface area (Å²) in [6.45, 7) is 5.61. The van der Waals surface area contributed by atoms with Gasteiger partial charge in [-0.05, 0) is 63.0 Å². The van der Waals surface area contributed by atoms with Crippen LogP contribution in [0.25, 0.3) is 0 Å². The van der Waals surface area contributed by atoms with E-state index in [0.29, 0.717) is 6.04 Å². The molecule has 3 nitrogen and oxygen atoms in total. The summed E-state index contributed by atoms with van der Waals surface area (Å²) in [7, 11) is 2.23. The number of piperidine rings is 1. The molecule has 0 aliphatic carbocycles. The lowest BCUT2D eigenvalue weighted by Crippen LogP contribution is -2.39. The van der Waals surface area contributed by atoms with Crippen LogP contribution in [0, 0.1) is 5.92 Å². The molecule has 1 aromatic rings. The van der Waals surface area contributed by atoms with Crippen molar-refractivity contribution in [1.82, 2.24) is 4.90 Å². The van der Waals surface area contributed by atoms with Crippen LogP contribution in [0.4, 0.5) is 5.69 Å². The fraction of sp³-hybridized carbons (Fsp3) is 0.625. The van der Waals surface area contributed by atoms with Crippen LogP contribution in [0.5, 0.6) is 5.75 Å². The molecule has 1 N–H and O–H groups in total. The SMILES string of the molecule is CC(Nc1ccc2c(c1)CCO2)C1CCCN(C)C1. The Labute approximate surface area is 115 Å². The van der Waals surface area contributed by atoms with Crippen LogP contribution in [0.3, 0.4) is 0 Å². The van der Waals surface area contributed by atoms with E-state index >= 15 is 0 Å². The van der Waals surface area contributed by atoms with Gasteiger partial charge in [0.1, 0.15) is 5.75 Å². The van der Waals surface area contributed by atoms with Gasteiger partial charge in [0.05, 0.1) is 6.61 Å². The van der Waals surface area contributed by atoms with E-state index in [-0.39, 0.29) is 0 Å². The molecule has 104 valence electrons. The highest BCUT2D eigenvalue weighted by atomic mass is 16.5. The number of benzene rings is 1. The lowest BCUT2D eigenvalue weighted by atomic mass is 9.91. The Balaban J connectivity index is 1.64. The summed E-state index contributed by atoms with van der Waals surface area (Å²) in [5.41, 5.74) is 2.59. The van der Waals surface area contributed by atoms with Crippen LogP contribution in [0.15, 0.2) is 18.2 Å². The van der Waals surface area contributed by atoms with Gasteiger partial charge in [-0.2, -0.15) is 0 Å². The van der Waals surface area contributed by atoms with Gasteiger partial charge in [-0.25, -0.2) is 0 Å². The van der Waals surface area contributed by atoms with Crippen LogP contribution < -0.4 is 10.1 Å². The maximum atomic E-state index is 5.55. The number of hydrogen-bond acceptors (Lipinski definition) is 3. The van der Waals surface area contributed by atoms with Gasteiger partial charge in [0, 0.05) is 24.7 Å². The number of fused-ring (bicyclic) bond motifs is 1. The maximum absolute atomic E-state index is 5.55. The predicted molar refractivity (Wildman–Crippen MR) is 78.9 cm³/mol. The zero-order chi connectivity index (χ0) is 13.2. The van der Waals surface area contributed by atoms with Crippen molar-refractivity contribution in [3.8, 4) is 5.75 Å². The quantitative estimate of drug-likeness (QED) is 0.904. The average molecular weight is 260 g/mol. The fourth-order valence-electron chi connectivity index (χ4n) is 3.27. The van der Waals surface area contributed by atoms with Crippen molar-refractivity contribution >= 4 is 5.69 Å². The van der Waals surface area contributed by atoms with Gasteiger partial charge in [-0.3, -0.25) is 0 Å². The zero-order valence-corrected chi connectivity index (χ0v) is 12.0. The predicted octanol–water partition coefficient (Wildman–Crippen LogP) is 2.76. The molecule has 1 aromatic carbocycles. The third-order valence-corrected chi connectivity index (χ3v) is 4.45. The van der Waals surface area contributed by atoms with Crippen molar-refractivity contribution in [1.29, 1.82) is 0 Å². The van der Waals surface area contributed by atoms with Crippen molar-refractivity contribution in [2.75, 3.05) is 32.1 Å². The van der Waals surface area contributed by atoms with Gasteiger partial charge in [-0.1, -0.05) is 0 Å². The zero-order valence-electron chi connectivity index (χ0n) is 12.0. The smallest absolute Gasteiger partial charge is 0.122 e. The first-order chi connectivity index (χ1) is 9.22. The van der Waals surface area contributed by atoms with E-state index in [1.165, 1.54) is 37.2 Å². The Morgan fingerprint density at radius 3 is 3.16 bits per heavy atom. The van der Waals surface area contributed by atoms with Gasteiger partial charge in [0.15, 0.2) is 0 Å². The molecule has 3 rings (SSSR count). The topological polar surface area (TPSA) is 24.5 Å². The van der Waals surface area contributed by atoms with Gasteiger partial charge >= 0.3 is 0 Å². The summed E-state index contributed by atoms with van der Waals surface area (Å²) >= 11 is 0. The molecular weight excluding hydrogens is 236 g/mol. The monoisotopic (exact) mass is 260 g/mol. The molecule has 2 unspecified atom stereocenters. The number of nitrogens with one attached hydrogen (secondary N) is 1. The molecule has 0 aromatic heterocycles. The van der Waals surface area contributed by atoms with Crippen molar-refractivity contribution in [2.24, 2.45) is 5.92 Å². The van der Waals surface area contributed by atoms with Crippen molar-refractivity contribution in [3.05, 3.63) is 23.8 Å². The molecule has 0 saturated carbocycles. The minimum Gasteiger partial charge on any atom is -0.493 e. The van der Waals surface area contributed by atoms with Crippen molar-refractivity contribution < 1.29 is 4.74 Å². The Hall–Kier alpha value is -1.22. The van der Waals surface area contributed by atoms with Crippen molar-refractivity contribution in [2.45, 2.75) is 32.2 Å². The molecule has 0 amide bonds. The van der Waals surface area contributed by atoms with Gasteiger partial charge in [-0.15, -0.1) is 0 Å². The minimum absolute atomic E-state index is 0.531. The Morgan fingerprint density at radius 1 is 1.42 bits per heavy atom. The lowest BCUT2D eigenvalue weighted by Gasteiger charge is -2.34. The summed E-state index contributed by atoms with van der Waals surface area (Å²) in [4.78, 5) is 2.45. The molecule has 1 fully saturated rings. The second kappa shape index (κ2) is 5.41. The number of hydrogen-bond donors (Lipinski definition) is 1. The maximum Gasteiger partial charge on any atom is 0.122 e. The fourth-order valence-corrected chi connectivity index (χ4v) is 3.27. The van der Waals surface area contributed by atoms with Crippen LogP contribution in [-0.2, 0) is 6.42 Å². The van der Waals surface area contributed by atoms with E-state index in [4.69, 9.17) is 4.74 Å². The summed E-state index contributed by atoms with van der Waals surface area (Å²) in [5.74, 6) is 1.82. The van der Waals surface area contributed by atoms with E-state index in [9.17, 15) is 0 Å². The lowest BCUT2D eigenvalue weighted by molar-refractivity contribution is 0.197. The number of rotatable bonds is 3. The Kier molecular flexibility index (Phi) is 3.65. The summed E-state index contributed by atoms with van der Waals surface area (Å²) in [6.07, 6.45) is 3.71. The van der Waals surface area contributed by atoms with Crippen LogP contribution >= 0.6 is 0 Å². The van der Waals surface area contributed by atoms with E-state index in [0.717, 1.165) is 24.7 Å². The first kappa shape index (κ1) is 12.8. The highest BCUT2D eigenvalue weighted by Gasteiger charge is 2.23. The molecule has 0 radical (unpaired) electrons. The van der Waals surface area contributed by atoms with E-state index in [1.54, 1.807) is 0 Å². The normalized spacial score (nSPS) is 24.6. The summed E-state index contributed by atoms with van der Waals surface area (Å²) in [6, 6.07) is 7.03. The Morgan fingerprint density at radius 2 is 2.32 bits per heavy atom. The molecule has 2 aliphatic heterocycles. The van der Waals surface area contributed by atoms with Crippen LogP contribution in [0.2, 0.25) is 0 Å². The highest BCUT2D eigenvalue weighted by molar-refractivity contribution is 5.52. The molecule has 0 bridgehead atoms. The third kappa shape index (κ3) is 2.86. The molecular formula is C16H24N2O. The summed E-state index contributed by atoms with van der Waals surface area (Å²) < 4.78 is 5.55. The first-order valence-electron chi connectivity index (χ1n) is 7.43. The number of likely N-dealkylation sites (tertiary alicyclic amines) is 1. The van der Waals surface area contributed by atoms with Gasteiger partial charge in [0.2, 0.25) is 0 Å². The highest BCUT2D eigenvalue weighted by Crippen LogP contribution is 2.29. The van der Waals surface area contributed by atoms with Crippen molar-refractivity contribution in [3.63, 3.8) is 0 Å². The summed E-state index contributed by atoms with van der Waals surface area (Å²) in [5, 5.41) is 3.68. The molecule has 2 aliphatic rings. The van der Waals surface area contributed by atoms with E-state index in [2.05, 4.69) is 42.4 Å². The van der Waals surface area contributed by atoms with E-state index in [1.807, 2.05) is 0 Å². The minimum atomic E-state index is 0.531. The van der Waals surface area contributed by atoms with Gasteiger partial charge in [0.25, 0.3) is 0 Å². The average Bonchev–Trinajstić information content (AvgIpc) is 2.86. The standard InChI is InChI=1S/C16H24N2O/c1-12(14-4-3-8-18(2)11-14)17-15-5-6-16-13(10-15)7-9-19-16/h5-6,10,12,14,17H,3-4,7-9,11H2,1-2H3. The first-order valence-corrected chi connectivity index (χ1v) is 7.43. The van der Waals surface area contributed by atoms with Crippen LogP contribution in [0.1, 0.15) is 25.3 Å². The number of nitrogens with zero attached hydrogens (tertiary/aromatic N) is 1. The second-order valence-corrected chi connectivity index (χ2v) is 6.02. The molecule has 19 heavy (non-hydrogen) atoms. The van der Waals surface area contributed by atoms with Gasteiger partial charge < -0.3 is 15.0 Å². The molecule has 2 heterocycles. The number of ether oxygens (including phenoxy) is 1. The second-order valence-electron chi connectivity index (χ2n) is 6.02. The van der Waals surface area contributed by atoms with Crippen LogP contribution in [-0.4, -0.2) is 37.7 Å². The Bertz CT molecular complexity index is 446. The molecule has 1 saturated heterocycles. The third-order valence-electron chi connectivity index (χ3n) is 4.45. The molecule has 3 heteroatoms. The number of anilines is 1. The van der Waals surface area contributed by atoms with E-state index < -0.39 is 0 Å². The largest absolute Gasteiger partial charge is 0.493 e. The molecule has 0 spiro atoms.